The maximum Gasteiger partial charge on any atom is 0.407 e. The van der Waals surface area contributed by atoms with E-state index in [1.165, 1.54) is 0 Å². The molecule has 0 aliphatic carbocycles. The molecule has 2 rings (SSSR count). The molecule has 0 radical (unpaired) electrons. The van der Waals surface area contributed by atoms with Crippen LogP contribution < -0.4 is 16.0 Å². The van der Waals surface area contributed by atoms with E-state index in [-0.39, 0.29) is 24.3 Å². The fraction of sp³-hybridized carbons (Fsp3) is 0.632. The Kier molecular flexibility index (Phi) is 14.5. The van der Waals surface area contributed by atoms with Crippen LogP contribution in [0.2, 0.25) is 0 Å². The van der Waals surface area contributed by atoms with Crippen LogP contribution in [0.1, 0.15) is 87.1 Å². The number of rotatable bonds is 15. The van der Waals surface area contributed by atoms with Crippen molar-refractivity contribution in [3.05, 3.63) is 47.7 Å². The summed E-state index contributed by atoms with van der Waals surface area (Å²) in [6, 6.07) is 6.82. The minimum Gasteiger partial charge on any atom is -0.444 e. The van der Waals surface area contributed by atoms with Gasteiger partial charge in [-0.3, -0.25) is 19.3 Å². The number of para-hydroxylation sites is 1. The van der Waals surface area contributed by atoms with Crippen LogP contribution in [0.15, 0.2) is 42.1 Å². The number of benzene rings is 1. The van der Waals surface area contributed by atoms with Gasteiger partial charge >= 0.3 is 6.09 Å². The van der Waals surface area contributed by atoms with Gasteiger partial charge in [-0.1, -0.05) is 58.9 Å². The van der Waals surface area contributed by atoms with E-state index in [1.807, 2.05) is 79.7 Å². The summed E-state index contributed by atoms with van der Waals surface area (Å²) in [5.74, 6) is -0.653. The first-order chi connectivity index (χ1) is 22.6. The molecule has 274 valence electrons. The maximum absolute atomic E-state index is 14.1. The third-order valence-corrected chi connectivity index (χ3v) is 8.65. The number of hydrogen-bond acceptors (Lipinski definition) is 6. The number of fused-ring (bicyclic) bond motifs is 1. The van der Waals surface area contributed by atoms with Gasteiger partial charge in [0.15, 0.2) is 0 Å². The molecule has 0 aliphatic rings. The molecule has 0 fully saturated rings. The zero-order valence-electron chi connectivity index (χ0n) is 32.2. The van der Waals surface area contributed by atoms with E-state index in [0.29, 0.717) is 18.7 Å². The number of amides is 4. The standard InChI is InChI=1S/C38H62N6O5/c1-26(32(45)39-22-17-14-18-23-40-35(48)49-37(5,6)7)21-24-43(12)34(47)30(36(2,3)4)41-33(46)31(42(10)11)38(8,9)28-25-44(13)29-20-16-15-19-27(28)29/h15-16,19-21,25,30-31H,14,17-18,22-24H2,1-13H3,(H,39,45)(H,40,48)(H,41,46)/b26-21+. The molecule has 0 saturated carbocycles. The van der Waals surface area contributed by atoms with Gasteiger partial charge in [0.25, 0.3) is 0 Å². The fourth-order valence-electron chi connectivity index (χ4n) is 6.03. The molecule has 1 aromatic carbocycles. The van der Waals surface area contributed by atoms with Crippen LogP contribution in [-0.4, -0.2) is 96.6 Å². The predicted molar refractivity (Wildman–Crippen MR) is 197 cm³/mol. The van der Waals surface area contributed by atoms with Crippen LogP contribution in [0.3, 0.4) is 0 Å². The van der Waals surface area contributed by atoms with Gasteiger partial charge in [0, 0.05) is 61.8 Å². The van der Waals surface area contributed by atoms with E-state index in [4.69, 9.17) is 4.74 Å². The lowest BCUT2D eigenvalue weighted by atomic mass is 9.76. The number of hydrogen-bond donors (Lipinski definition) is 3. The van der Waals surface area contributed by atoms with Crippen LogP contribution in [0.5, 0.6) is 0 Å². The lowest BCUT2D eigenvalue weighted by Crippen LogP contribution is -2.61. The lowest BCUT2D eigenvalue weighted by Gasteiger charge is -2.40. The van der Waals surface area contributed by atoms with Gasteiger partial charge < -0.3 is 30.2 Å². The molecule has 0 aliphatic heterocycles. The largest absolute Gasteiger partial charge is 0.444 e. The second kappa shape index (κ2) is 17.2. The highest BCUT2D eigenvalue weighted by Gasteiger charge is 2.43. The number of alkyl carbamates (subject to hydrolysis) is 1. The summed E-state index contributed by atoms with van der Waals surface area (Å²) in [5, 5.41) is 9.86. The normalized spacial score (nSPS) is 14.0. The van der Waals surface area contributed by atoms with Gasteiger partial charge in [-0.2, -0.15) is 0 Å². The first-order valence-corrected chi connectivity index (χ1v) is 17.3. The minimum atomic E-state index is -0.789. The number of aryl methyl sites for hydroxylation is 1. The molecule has 11 heteroatoms. The molecule has 2 atom stereocenters. The average Bonchev–Trinajstić information content (AvgIpc) is 3.33. The van der Waals surface area contributed by atoms with Gasteiger partial charge in [-0.05, 0) is 78.1 Å². The van der Waals surface area contributed by atoms with E-state index in [1.54, 1.807) is 24.9 Å². The summed E-state index contributed by atoms with van der Waals surface area (Å²) >= 11 is 0. The molecule has 2 aromatic rings. The van der Waals surface area contributed by atoms with Crippen molar-refractivity contribution in [2.24, 2.45) is 12.5 Å². The maximum atomic E-state index is 14.1. The van der Waals surface area contributed by atoms with Gasteiger partial charge in [0.2, 0.25) is 17.7 Å². The zero-order valence-corrected chi connectivity index (χ0v) is 32.2. The van der Waals surface area contributed by atoms with Crippen LogP contribution in [0, 0.1) is 5.41 Å². The van der Waals surface area contributed by atoms with E-state index in [0.717, 1.165) is 35.7 Å². The molecule has 0 bridgehead atoms. The Labute approximate surface area is 294 Å². The van der Waals surface area contributed by atoms with Gasteiger partial charge in [0.1, 0.15) is 11.6 Å². The zero-order chi connectivity index (χ0) is 37.3. The van der Waals surface area contributed by atoms with Gasteiger partial charge in [0.05, 0.1) is 6.04 Å². The minimum absolute atomic E-state index is 0.196. The molecule has 1 aromatic heterocycles. The summed E-state index contributed by atoms with van der Waals surface area (Å²) in [6.45, 7) is 18.4. The summed E-state index contributed by atoms with van der Waals surface area (Å²) in [5.41, 5.74) is 0.972. The number of nitrogens with zero attached hydrogens (tertiary/aromatic N) is 3. The summed E-state index contributed by atoms with van der Waals surface area (Å²) in [7, 11) is 7.47. The molecule has 0 saturated heterocycles. The van der Waals surface area contributed by atoms with E-state index < -0.39 is 34.6 Å². The monoisotopic (exact) mass is 682 g/mol. The number of likely N-dealkylation sites (N-methyl/N-ethyl adjacent to an activating group) is 2. The summed E-state index contributed by atoms with van der Waals surface area (Å²) < 4.78 is 7.30. The van der Waals surface area contributed by atoms with Crippen molar-refractivity contribution in [3.8, 4) is 0 Å². The summed E-state index contributed by atoms with van der Waals surface area (Å²) in [4.78, 5) is 55.8. The molecule has 49 heavy (non-hydrogen) atoms. The van der Waals surface area contributed by atoms with Crippen molar-refractivity contribution >= 4 is 34.7 Å². The van der Waals surface area contributed by atoms with Gasteiger partial charge in [-0.15, -0.1) is 0 Å². The van der Waals surface area contributed by atoms with E-state index >= 15 is 0 Å². The Balaban J connectivity index is 2.01. The van der Waals surface area contributed by atoms with E-state index in [9.17, 15) is 19.2 Å². The molecular weight excluding hydrogens is 620 g/mol. The highest BCUT2D eigenvalue weighted by molar-refractivity contribution is 5.94. The van der Waals surface area contributed by atoms with Gasteiger partial charge in [-0.25, -0.2) is 4.79 Å². The molecule has 2 unspecified atom stereocenters. The number of carbonyl (C=O) groups excluding carboxylic acids is 4. The SMILES string of the molecule is C/C(=C\CN(C)C(=O)C(NC(=O)C(N(C)C)C(C)(C)c1cn(C)c2ccccc12)C(C)(C)C)C(=O)NCCCCCNC(=O)OC(C)(C)C. The Morgan fingerprint density at radius 1 is 0.898 bits per heavy atom. The van der Waals surface area contributed by atoms with Crippen LogP contribution in [-0.2, 0) is 31.6 Å². The van der Waals surface area contributed by atoms with E-state index in [2.05, 4.69) is 52.7 Å². The van der Waals surface area contributed by atoms with Crippen LogP contribution in [0.25, 0.3) is 10.9 Å². The molecule has 4 amide bonds. The van der Waals surface area contributed by atoms with Crippen molar-refractivity contribution in [2.45, 2.75) is 105 Å². The number of carbonyl (C=O) groups is 4. The molecule has 11 nitrogen and oxygen atoms in total. The second-order valence-electron chi connectivity index (χ2n) is 15.9. The molecule has 0 spiro atoms. The summed E-state index contributed by atoms with van der Waals surface area (Å²) in [6.07, 6.45) is 5.77. The Morgan fingerprint density at radius 3 is 2.06 bits per heavy atom. The highest BCUT2D eigenvalue weighted by atomic mass is 16.6. The van der Waals surface area contributed by atoms with Crippen molar-refractivity contribution < 1.29 is 23.9 Å². The molecular formula is C38H62N6O5. The van der Waals surface area contributed by atoms with Crippen LogP contribution in [0.4, 0.5) is 4.79 Å². The Hall–Kier alpha value is -3.86. The number of ether oxygens (including phenoxy) is 1. The molecule has 3 N–H and O–H groups in total. The quantitative estimate of drug-likeness (QED) is 0.177. The fourth-order valence-corrected chi connectivity index (χ4v) is 6.03. The lowest BCUT2D eigenvalue weighted by molar-refractivity contribution is -0.140. The van der Waals surface area contributed by atoms with Crippen molar-refractivity contribution in [1.82, 2.24) is 30.3 Å². The predicted octanol–water partition coefficient (Wildman–Crippen LogP) is 5.13. The van der Waals surface area contributed by atoms with Crippen molar-refractivity contribution in [2.75, 3.05) is 40.8 Å². The second-order valence-corrected chi connectivity index (χ2v) is 15.9. The van der Waals surface area contributed by atoms with Crippen molar-refractivity contribution in [1.29, 1.82) is 0 Å². The number of unbranched alkanes of at least 4 members (excludes halogenated alkanes) is 2. The third-order valence-electron chi connectivity index (χ3n) is 8.65. The molecule has 1 heterocycles. The first-order valence-electron chi connectivity index (χ1n) is 17.3. The highest BCUT2D eigenvalue weighted by Crippen LogP contribution is 2.36. The average molecular weight is 683 g/mol. The first kappa shape index (κ1) is 41.3. The Morgan fingerprint density at radius 2 is 1.49 bits per heavy atom. The Bertz CT molecular complexity index is 1480. The smallest absolute Gasteiger partial charge is 0.407 e. The number of aromatic nitrogens is 1. The third kappa shape index (κ3) is 11.9. The topological polar surface area (TPSA) is 125 Å². The number of nitrogens with one attached hydrogen (secondary N) is 3. The van der Waals surface area contributed by atoms with Crippen molar-refractivity contribution in [3.63, 3.8) is 0 Å². The van der Waals surface area contributed by atoms with Crippen LogP contribution >= 0.6 is 0 Å².